The van der Waals surface area contributed by atoms with E-state index in [1.54, 1.807) is 0 Å². The summed E-state index contributed by atoms with van der Waals surface area (Å²) in [6.45, 7) is 0. The van der Waals surface area contributed by atoms with Gasteiger partial charge in [0.15, 0.2) is 5.82 Å². The highest BCUT2D eigenvalue weighted by Gasteiger charge is 2.12. The van der Waals surface area contributed by atoms with Crippen LogP contribution in [0.25, 0.3) is 77.4 Å². The number of benzene rings is 5. The van der Waals surface area contributed by atoms with Crippen LogP contribution >= 0.6 is 0 Å². The number of nitrogens with zero attached hydrogens (tertiary/aromatic N) is 5. The summed E-state index contributed by atoms with van der Waals surface area (Å²) < 4.78 is 4.27. The maximum Gasteiger partial charge on any atom is 0.159 e. The zero-order valence-electron chi connectivity index (χ0n) is 23.7. The van der Waals surface area contributed by atoms with Crippen molar-refractivity contribution in [2.75, 3.05) is 0 Å². The van der Waals surface area contributed by atoms with Crippen LogP contribution in [0.4, 0.5) is 0 Å². The Morgan fingerprint density at radius 3 is 1.75 bits per heavy atom. The average Bonchev–Trinajstić information content (AvgIpc) is 3.66. The number of rotatable bonds is 4. The second kappa shape index (κ2) is 9.75. The number of hydrogen-bond donors (Lipinski definition) is 0. The Hall–Kier alpha value is -6.07. The van der Waals surface area contributed by atoms with E-state index in [2.05, 4.69) is 143 Å². The van der Waals surface area contributed by atoms with E-state index in [4.69, 9.17) is 9.97 Å². The van der Waals surface area contributed by atoms with Crippen molar-refractivity contribution in [1.29, 1.82) is 0 Å². The molecule has 0 aliphatic heterocycles. The second-order valence-electron chi connectivity index (χ2n) is 11.1. The molecule has 4 heterocycles. The predicted octanol–water partition coefficient (Wildman–Crippen LogP) is 9.38. The van der Waals surface area contributed by atoms with Gasteiger partial charge in [-0.25, -0.2) is 14.5 Å². The van der Waals surface area contributed by atoms with Crippen LogP contribution in [0, 0.1) is 0 Å². The SMILES string of the molecule is c1ccc2cn3ncc(-c4ccc(-c5ncc(-c6ccc(-n7c8ccccc8c8ccccc87)cc6)cn5)cc4)c3cc2c1. The summed E-state index contributed by atoms with van der Waals surface area (Å²) in [7, 11) is 0. The zero-order valence-corrected chi connectivity index (χ0v) is 23.7. The Morgan fingerprint density at radius 2 is 1.05 bits per heavy atom. The smallest absolute Gasteiger partial charge is 0.159 e. The highest BCUT2D eigenvalue weighted by molar-refractivity contribution is 6.09. The van der Waals surface area contributed by atoms with Crippen LogP contribution in [-0.2, 0) is 0 Å². The molecule has 0 spiro atoms. The normalized spacial score (nSPS) is 11.6. The molecule has 5 aromatic carbocycles. The van der Waals surface area contributed by atoms with Crippen LogP contribution in [-0.4, -0.2) is 24.1 Å². The number of para-hydroxylation sites is 2. The molecular formula is C39H25N5. The van der Waals surface area contributed by atoms with Crippen molar-refractivity contribution in [2.45, 2.75) is 0 Å². The van der Waals surface area contributed by atoms with Crippen molar-refractivity contribution in [2.24, 2.45) is 0 Å². The molecule has 4 aromatic heterocycles. The summed E-state index contributed by atoms with van der Waals surface area (Å²) >= 11 is 0. The Balaban J connectivity index is 0.993. The molecule has 44 heavy (non-hydrogen) atoms. The molecule has 0 N–H and O–H groups in total. The zero-order chi connectivity index (χ0) is 29.0. The van der Waals surface area contributed by atoms with Gasteiger partial charge in [-0.1, -0.05) is 97.1 Å². The Bertz CT molecular complexity index is 2410. The lowest BCUT2D eigenvalue weighted by Gasteiger charge is -2.09. The lowest BCUT2D eigenvalue weighted by molar-refractivity contribution is 0.970. The molecule has 0 bridgehead atoms. The van der Waals surface area contributed by atoms with E-state index in [-0.39, 0.29) is 0 Å². The van der Waals surface area contributed by atoms with Gasteiger partial charge in [-0.2, -0.15) is 5.10 Å². The molecule has 9 rings (SSSR count). The first-order valence-electron chi connectivity index (χ1n) is 14.7. The molecule has 9 aromatic rings. The molecule has 0 atom stereocenters. The van der Waals surface area contributed by atoms with Crippen LogP contribution in [0.3, 0.4) is 0 Å². The third-order valence-corrected chi connectivity index (χ3v) is 8.53. The lowest BCUT2D eigenvalue weighted by Crippen LogP contribution is -1.94. The van der Waals surface area contributed by atoms with Gasteiger partial charge in [-0.05, 0) is 46.8 Å². The molecule has 0 saturated heterocycles. The molecule has 0 aliphatic carbocycles. The molecule has 0 amide bonds. The summed E-state index contributed by atoms with van der Waals surface area (Å²) in [5.74, 6) is 0.702. The highest BCUT2D eigenvalue weighted by atomic mass is 15.2. The van der Waals surface area contributed by atoms with Crippen LogP contribution < -0.4 is 0 Å². The fourth-order valence-corrected chi connectivity index (χ4v) is 6.31. The number of aromatic nitrogens is 5. The maximum absolute atomic E-state index is 4.72. The largest absolute Gasteiger partial charge is 0.309 e. The molecule has 0 fully saturated rings. The van der Waals surface area contributed by atoms with E-state index in [9.17, 15) is 0 Å². The van der Waals surface area contributed by atoms with E-state index in [1.165, 1.54) is 32.6 Å². The van der Waals surface area contributed by atoms with E-state index >= 15 is 0 Å². The minimum absolute atomic E-state index is 0.702. The molecule has 5 heteroatoms. The third kappa shape index (κ3) is 3.91. The van der Waals surface area contributed by atoms with Gasteiger partial charge in [0.1, 0.15) is 0 Å². The van der Waals surface area contributed by atoms with Gasteiger partial charge in [0.25, 0.3) is 0 Å². The summed E-state index contributed by atoms with van der Waals surface area (Å²) in [5.41, 5.74) is 9.87. The van der Waals surface area contributed by atoms with Gasteiger partial charge in [0, 0.05) is 57.1 Å². The van der Waals surface area contributed by atoms with Crippen molar-refractivity contribution in [3.05, 3.63) is 152 Å². The van der Waals surface area contributed by atoms with E-state index in [0.717, 1.165) is 39.0 Å². The predicted molar refractivity (Wildman–Crippen MR) is 179 cm³/mol. The molecule has 0 radical (unpaired) electrons. The van der Waals surface area contributed by atoms with Crippen molar-refractivity contribution in [3.63, 3.8) is 0 Å². The Morgan fingerprint density at radius 1 is 0.455 bits per heavy atom. The molecule has 5 nitrogen and oxygen atoms in total. The fraction of sp³-hybridized carbons (Fsp3) is 0. The Kier molecular flexibility index (Phi) is 5.43. The molecule has 0 aliphatic rings. The fourth-order valence-electron chi connectivity index (χ4n) is 6.31. The second-order valence-corrected chi connectivity index (χ2v) is 11.1. The van der Waals surface area contributed by atoms with Crippen molar-refractivity contribution < 1.29 is 0 Å². The van der Waals surface area contributed by atoms with E-state index in [0.29, 0.717) is 5.82 Å². The summed E-state index contributed by atoms with van der Waals surface area (Å²) in [6, 6.07) is 44.7. The third-order valence-electron chi connectivity index (χ3n) is 8.53. The van der Waals surface area contributed by atoms with Crippen LogP contribution in [0.2, 0.25) is 0 Å². The van der Waals surface area contributed by atoms with Crippen molar-refractivity contribution in [3.8, 4) is 39.3 Å². The van der Waals surface area contributed by atoms with Gasteiger partial charge >= 0.3 is 0 Å². The summed E-state index contributed by atoms with van der Waals surface area (Å²) in [5, 5.41) is 9.50. The molecule has 0 saturated carbocycles. The minimum Gasteiger partial charge on any atom is -0.309 e. The van der Waals surface area contributed by atoms with E-state index in [1.807, 2.05) is 23.1 Å². The summed E-state index contributed by atoms with van der Waals surface area (Å²) in [6.07, 6.45) is 7.82. The minimum atomic E-state index is 0.702. The van der Waals surface area contributed by atoms with Gasteiger partial charge < -0.3 is 4.57 Å². The molecular weight excluding hydrogens is 538 g/mol. The van der Waals surface area contributed by atoms with Crippen molar-refractivity contribution >= 4 is 38.1 Å². The first-order valence-corrected chi connectivity index (χ1v) is 14.7. The first kappa shape index (κ1) is 24.5. The number of pyridine rings is 1. The highest BCUT2D eigenvalue weighted by Crippen LogP contribution is 2.33. The van der Waals surface area contributed by atoms with Gasteiger partial charge in [0.05, 0.1) is 22.7 Å². The monoisotopic (exact) mass is 563 g/mol. The standard InChI is InChI=1S/C39H25N5/c1-2-8-30-25-43-38(21-29(30)7-1)35(24-42-43)27-13-15-28(16-14-27)39-40-22-31(23-41-39)26-17-19-32(20-18-26)44-36-11-5-3-9-33(36)34-10-4-6-12-37(34)44/h1-25H. The first-order chi connectivity index (χ1) is 21.8. The van der Waals surface area contributed by atoms with Gasteiger partial charge in [0.2, 0.25) is 0 Å². The quantitative estimate of drug-likeness (QED) is 0.214. The van der Waals surface area contributed by atoms with Crippen molar-refractivity contribution in [1.82, 2.24) is 24.1 Å². The lowest BCUT2D eigenvalue weighted by atomic mass is 10.0. The van der Waals surface area contributed by atoms with E-state index < -0.39 is 0 Å². The van der Waals surface area contributed by atoms with Crippen LogP contribution in [0.15, 0.2) is 152 Å². The molecule has 0 unspecified atom stereocenters. The van der Waals surface area contributed by atoms with Gasteiger partial charge in [-0.3, -0.25) is 0 Å². The molecule has 206 valence electrons. The maximum atomic E-state index is 4.72. The average molecular weight is 564 g/mol. The number of fused-ring (bicyclic) bond motifs is 5. The topological polar surface area (TPSA) is 48.0 Å². The van der Waals surface area contributed by atoms with Gasteiger partial charge in [-0.15, -0.1) is 0 Å². The van der Waals surface area contributed by atoms with Crippen LogP contribution in [0.1, 0.15) is 0 Å². The Labute approximate surface area is 253 Å². The number of hydrogen-bond acceptors (Lipinski definition) is 3. The summed E-state index contributed by atoms with van der Waals surface area (Å²) in [4.78, 5) is 9.45. The van der Waals surface area contributed by atoms with Crippen LogP contribution in [0.5, 0.6) is 0 Å².